The van der Waals surface area contributed by atoms with E-state index in [2.05, 4.69) is 0 Å². The molecule has 0 aliphatic rings. The topological polar surface area (TPSA) is 74.6 Å². The van der Waals surface area contributed by atoms with Gasteiger partial charge in [0, 0.05) is 0 Å². The van der Waals surface area contributed by atoms with Crippen LogP contribution in [-0.2, 0) is 10.1 Å². The van der Waals surface area contributed by atoms with Crippen LogP contribution in [-0.4, -0.2) is 18.1 Å². The van der Waals surface area contributed by atoms with Crippen LogP contribution in [0.1, 0.15) is 1.43 Å². The molecule has 0 spiro atoms. The molecule has 0 unspecified atom stereocenters. The zero-order valence-corrected chi connectivity index (χ0v) is 9.25. The van der Waals surface area contributed by atoms with Gasteiger partial charge in [-0.3, -0.25) is 4.55 Å². The van der Waals surface area contributed by atoms with E-state index in [0.29, 0.717) is 0 Å². The van der Waals surface area contributed by atoms with Gasteiger partial charge in [-0.1, -0.05) is 0 Å². The summed E-state index contributed by atoms with van der Waals surface area (Å²) in [7, 11) is -4.13. The van der Waals surface area contributed by atoms with Crippen LogP contribution in [0.4, 0.5) is 0 Å². The van der Waals surface area contributed by atoms with Crippen molar-refractivity contribution in [3.8, 4) is 5.75 Å². The Bertz CT molecular complexity index is 347. The van der Waals surface area contributed by atoms with Gasteiger partial charge in [0.05, 0.1) is 4.90 Å². The monoisotopic (exact) mass is 198 g/mol. The van der Waals surface area contributed by atoms with Gasteiger partial charge in [-0.05, 0) is 24.3 Å². The molecule has 0 aliphatic carbocycles. The van der Waals surface area contributed by atoms with Crippen molar-refractivity contribution in [2.75, 3.05) is 0 Å². The molecule has 0 bridgehead atoms. The van der Waals surface area contributed by atoms with E-state index in [1.54, 1.807) is 0 Å². The maximum atomic E-state index is 10.4. The van der Waals surface area contributed by atoms with E-state index < -0.39 is 10.1 Å². The van der Waals surface area contributed by atoms with Crippen molar-refractivity contribution in [2.45, 2.75) is 4.90 Å². The molecule has 0 amide bonds. The molecule has 0 saturated carbocycles. The average molecular weight is 198 g/mol. The Balaban J connectivity index is 0. The van der Waals surface area contributed by atoms with Crippen molar-refractivity contribution in [2.24, 2.45) is 0 Å². The van der Waals surface area contributed by atoms with E-state index in [1.807, 2.05) is 0 Å². The summed E-state index contributed by atoms with van der Waals surface area (Å²) in [6.07, 6.45) is 0. The molecule has 0 heterocycles. The first kappa shape index (κ1) is 11.9. The second-order valence-corrected chi connectivity index (χ2v) is 3.39. The van der Waals surface area contributed by atoms with Gasteiger partial charge in [0.25, 0.3) is 10.1 Å². The first-order valence-electron chi connectivity index (χ1n) is 2.77. The standard InChI is InChI=1S/C6H6O4S.Na.H/c7-5-1-3-6(4-2-5)11(8,9)10;;/h1-4,7H,(H,8,9,10);;/q;+1;-1. The van der Waals surface area contributed by atoms with E-state index in [1.165, 1.54) is 12.1 Å². The molecule has 12 heavy (non-hydrogen) atoms. The molecule has 1 aromatic carbocycles. The van der Waals surface area contributed by atoms with E-state index >= 15 is 0 Å². The normalized spacial score (nSPS) is 10.4. The van der Waals surface area contributed by atoms with Crippen LogP contribution in [0.25, 0.3) is 0 Å². The minimum Gasteiger partial charge on any atom is -1.00 e. The summed E-state index contributed by atoms with van der Waals surface area (Å²) in [5.41, 5.74) is 0. The predicted molar refractivity (Wildman–Crippen MR) is 39.0 cm³/mol. The average Bonchev–Trinajstić information content (AvgIpc) is 1.86. The quantitative estimate of drug-likeness (QED) is 0.395. The number of aromatic hydroxyl groups is 1. The first-order chi connectivity index (χ1) is 5.00. The number of hydrogen-bond acceptors (Lipinski definition) is 3. The summed E-state index contributed by atoms with van der Waals surface area (Å²) in [5, 5.41) is 8.75. The predicted octanol–water partition coefficient (Wildman–Crippen LogP) is -2.24. The summed E-state index contributed by atoms with van der Waals surface area (Å²) in [6, 6.07) is 4.60. The van der Waals surface area contributed by atoms with Gasteiger partial charge in [-0.15, -0.1) is 0 Å². The molecule has 0 atom stereocenters. The fourth-order valence-corrected chi connectivity index (χ4v) is 1.10. The van der Waals surface area contributed by atoms with Gasteiger partial charge in [0.15, 0.2) is 0 Å². The molecule has 0 aliphatic heterocycles. The van der Waals surface area contributed by atoms with Crippen LogP contribution in [0.5, 0.6) is 5.75 Å². The number of rotatable bonds is 1. The molecule has 62 valence electrons. The summed E-state index contributed by atoms with van der Waals surface area (Å²) >= 11 is 0. The summed E-state index contributed by atoms with van der Waals surface area (Å²) < 4.78 is 29.3. The number of phenolic OH excluding ortho intramolecular Hbond substituents is 1. The molecule has 0 aromatic heterocycles. The second-order valence-electron chi connectivity index (χ2n) is 1.97. The molecule has 1 rings (SSSR count). The molecule has 0 fully saturated rings. The molecular formula is C6H7NaO4S. The van der Waals surface area contributed by atoms with E-state index in [4.69, 9.17) is 9.66 Å². The fraction of sp³-hybridized carbons (Fsp3) is 0. The summed E-state index contributed by atoms with van der Waals surface area (Å²) in [4.78, 5) is -0.227. The molecule has 0 saturated heterocycles. The van der Waals surface area contributed by atoms with Crippen LogP contribution in [0.2, 0.25) is 0 Å². The first-order valence-corrected chi connectivity index (χ1v) is 4.21. The maximum Gasteiger partial charge on any atom is 1.00 e. The van der Waals surface area contributed by atoms with Crippen LogP contribution in [0.15, 0.2) is 29.2 Å². The minimum atomic E-state index is -4.13. The Morgan fingerprint density at radius 1 is 1.17 bits per heavy atom. The van der Waals surface area contributed by atoms with Crippen LogP contribution >= 0.6 is 0 Å². The molecular weight excluding hydrogens is 191 g/mol. The Morgan fingerprint density at radius 3 is 1.92 bits per heavy atom. The van der Waals surface area contributed by atoms with Crippen LogP contribution in [0, 0.1) is 0 Å². The summed E-state index contributed by atoms with van der Waals surface area (Å²) in [6.45, 7) is 0. The third-order valence-electron chi connectivity index (χ3n) is 1.13. The van der Waals surface area contributed by atoms with Gasteiger partial charge in [0.1, 0.15) is 5.75 Å². The zero-order chi connectivity index (χ0) is 8.48. The Labute approximate surface area is 93.8 Å². The van der Waals surface area contributed by atoms with E-state index in [0.717, 1.165) is 12.1 Å². The number of phenols is 1. The Morgan fingerprint density at radius 2 is 1.58 bits per heavy atom. The van der Waals surface area contributed by atoms with Gasteiger partial charge in [-0.25, -0.2) is 0 Å². The van der Waals surface area contributed by atoms with Crippen molar-refractivity contribution in [3.63, 3.8) is 0 Å². The van der Waals surface area contributed by atoms with Crippen molar-refractivity contribution >= 4 is 10.1 Å². The van der Waals surface area contributed by atoms with Crippen molar-refractivity contribution in [3.05, 3.63) is 24.3 Å². The molecule has 6 heteroatoms. The van der Waals surface area contributed by atoms with Crippen molar-refractivity contribution in [1.82, 2.24) is 0 Å². The smallest absolute Gasteiger partial charge is 1.00 e. The summed E-state index contributed by atoms with van der Waals surface area (Å²) in [5.74, 6) is -0.0441. The van der Waals surface area contributed by atoms with Gasteiger partial charge >= 0.3 is 29.6 Å². The van der Waals surface area contributed by atoms with E-state index in [-0.39, 0.29) is 41.6 Å². The van der Waals surface area contributed by atoms with Crippen LogP contribution < -0.4 is 29.6 Å². The Kier molecular flexibility index (Phi) is 4.22. The number of hydrogen-bond donors (Lipinski definition) is 2. The maximum absolute atomic E-state index is 10.4. The molecule has 4 nitrogen and oxygen atoms in total. The van der Waals surface area contributed by atoms with E-state index in [9.17, 15) is 8.42 Å². The van der Waals surface area contributed by atoms with Gasteiger partial charge in [0.2, 0.25) is 0 Å². The van der Waals surface area contributed by atoms with Crippen molar-refractivity contribution in [1.29, 1.82) is 0 Å². The van der Waals surface area contributed by atoms with Crippen LogP contribution in [0.3, 0.4) is 0 Å². The minimum absolute atomic E-state index is 0. The molecule has 2 N–H and O–H groups in total. The third kappa shape index (κ3) is 3.12. The fourth-order valence-electron chi connectivity index (χ4n) is 0.618. The van der Waals surface area contributed by atoms with Crippen molar-refractivity contribution < 1.29 is 49.1 Å². The molecule has 0 radical (unpaired) electrons. The van der Waals surface area contributed by atoms with Gasteiger partial charge < -0.3 is 6.53 Å². The largest absolute Gasteiger partial charge is 1.00 e. The van der Waals surface area contributed by atoms with Gasteiger partial charge in [-0.2, -0.15) is 8.42 Å². The SMILES string of the molecule is O=S(=O)(O)c1ccc(O)cc1.[H-].[Na+]. The molecule has 1 aromatic rings. The Hall–Kier alpha value is -0.0700. The zero-order valence-electron chi connectivity index (χ0n) is 7.43. The second kappa shape index (κ2) is 4.25. The number of benzene rings is 1. The third-order valence-corrected chi connectivity index (χ3v) is 2.00.